The van der Waals surface area contributed by atoms with E-state index in [1.54, 1.807) is 6.07 Å². The minimum atomic E-state index is -1.53. The second-order valence-corrected chi connectivity index (χ2v) is 8.80. The third kappa shape index (κ3) is 4.48. The van der Waals surface area contributed by atoms with Crippen LogP contribution in [0.1, 0.15) is 24.0 Å². The number of benzene rings is 2. The Balaban J connectivity index is 1.65. The standard InChI is InChI=1S/C23H23BrFN5O/c1-15-3-4-16(11-20(15)24)13-27-21-19-12-17(26-2)5-6-18(19)22(29-28-21)30-9-7-23(25,14-31)8-10-30/h3-6,11-12,31H,7-10,13-14H2,1H3,(H,27,28). The van der Waals surface area contributed by atoms with Crippen LogP contribution in [0, 0.1) is 13.5 Å². The summed E-state index contributed by atoms with van der Waals surface area (Å²) in [6.07, 6.45) is 0.490. The predicted octanol–water partition coefficient (Wildman–Crippen LogP) is 5.16. The van der Waals surface area contributed by atoms with Crippen molar-refractivity contribution in [2.75, 3.05) is 29.9 Å². The molecule has 2 aromatic carbocycles. The molecule has 0 atom stereocenters. The van der Waals surface area contributed by atoms with Crippen molar-refractivity contribution >= 4 is 44.0 Å². The van der Waals surface area contributed by atoms with Gasteiger partial charge in [-0.3, -0.25) is 0 Å². The first kappa shape index (κ1) is 21.5. The predicted molar refractivity (Wildman–Crippen MR) is 124 cm³/mol. The molecule has 2 heterocycles. The van der Waals surface area contributed by atoms with E-state index in [1.807, 2.05) is 24.0 Å². The number of anilines is 2. The molecule has 1 aliphatic heterocycles. The molecule has 6 nitrogen and oxygen atoms in total. The van der Waals surface area contributed by atoms with Gasteiger partial charge in [-0.15, -0.1) is 10.2 Å². The average molecular weight is 484 g/mol. The van der Waals surface area contributed by atoms with Gasteiger partial charge in [-0.05, 0) is 30.2 Å². The third-order valence-electron chi connectivity index (χ3n) is 5.81. The molecule has 2 N–H and O–H groups in total. The number of aryl methyl sites for hydroxylation is 1. The molecule has 8 heteroatoms. The van der Waals surface area contributed by atoms with Crippen molar-refractivity contribution in [2.24, 2.45) is 0 Å². The van der Waals surface area contributed by atoms with Crippen LogP contribution >= 0.6 is 15.9 Å². The molecular weight excluding hydrogens is 461 g/mol. The summed E-state index contributed by atoms with van der Waals surface area (Å²) in [5.41, 5.74) is 1.26. The molecule has 160 valence electrons. The zero-order valence-electron chi connectivity index (χ0n) is 17.2. The van der Waals surface area contributed by atoms with Crippen LogP contribution in [0.3, 0.4) is 0 Å². The van der Waals surface area contributed by atoms with Crippen molar-refractivity contribution < 1.29 is 9.50 Å². The van der Waals surface area contributed by atoms with E-state index in [2.05, 4.69) is 54.5 Å². The highest BCUT2D eigenvalue weighted by atomic mass is 79.9. The highest BCUT2D eigenvalue weighted by Gasteiger charge is 2.34. The summed E-state index contributed by atoms with van der Waals surface area (Å²) in [6.45, 7) is 10.4. The van der Waals surface area contributed by atoms with Crippen LogP contribution in [-0.4, -0.2) is 40.7 Å². The van der Waals surface area contributed by atoms with Gasteiger partial charge < -0.3 is 15.3 Å². The number of rotatable bonds is 5. The second kappa shape index (κ2) is 8.77. The number of aliphatic hydroxyl groups excluding tert-OH is 1. The topological polar surface area (TPSA) is 65.6 Å². The molecular formula is C23H23BrFN5O. The summed E-state index contributed by atoms with van der Waals surface area (Å²) in [5, 5.41) is 23.2. The number of fused-ring (bicyclic) bond motifs is 1. The van der Waals surface area contributed by atoms with Crippen LogP contribution in [0.2, 0.25) is 0 Å². The lowest BCUT2D eigenvalue weighted by Crippen LogP contribution is -2.44. The smallest absolute Gasteiger partial charge is 0.188 e. The van der Waals surface area contributed by atoms with Crippen molar-refractivity contribution in [2.45, 2.75) is 32.0 Å². The molecule has 31 heavy (non-hydrogen) atoms. The maximum atomic E-state index is 14.4. The zero-order chi connectivity index (χ0) is 22.0. The monoisotopic (exact) mass is 483 g/mol. The zero-order valence-corrected chi connectivity index (χ0v) is 18.8. The van der Waals surface area contributed by atoms with Gasteiger partial charge in [0.1, 0.15) is 5.67 Å². The number of aliphatic hydroxyl groups is 1. The van der Waals surface area contributed by atoms with E-state index in [4.69, 9.17) is 6.57 Å². The summed E-state index contributed by atoms with van der Waals surface area (Å²) in [7, 11) is 0. The molecule has 3 aromatic rings. The maximum absolute atomic E-state index is 14.4. The number of piperidine rings is 1. The second-order valence-electron chi connectivity index (χ2n) is 7.95. The molecule has 1 saturated heterocycles. The molecule has 0 saturated carbocycles. The summed E-state index contributed by atoms with van der Waals surface area (Å²) in [5.74, 6) is 1.28. The van der Waals surface area contributed by atoms with E-state index in [0.717, 1.165) is 20.8 Å². The minimum Gasteiger partial charge on any atom is -0.393 e. The quantitative estimate of drug-likeness (QED) is 0.490. The van der Waals surface area contributed by atoms with Crippen LogP contribution in [0.25, 0.3) is 15.6 Å². The summed E-state index contributed by atoms with van der Waals surface area (Å²) < 4.78 is 15.5. The van der Waals surface area contributed by atoms with Gasteiger partial charge in [0.25, 0.3) is 0 Å². The van der Waals surface area contributed by atoms with Gasteiger partial charge >= 0.3 is 0 Å². The number of hydrogen-bond acceptors (Lipinski definition) is 5. The summed E-state index contributed by atoms with van der Waals surface area (Å²) in [6, 6.07) is 11.6. The maximum Gasteiger partial charge on any atom is 0.188 e. The van der Waals surface area contributed by atoms with Crippen molar-refractivity contribution in [3.63, 3.8) is 0 Å². The number of alkyl halides is 1. The normalized spacial score (nSPS) is 15.6. The van der Waals surface area contributed by atoms with Crippen molar-refractivity contribution in [3.8, 4) is 0 Å². The summed E-state index contributed by atoms with van der Waals surface area (Å²) >= 11 is 3.56. The first-order chi connectivity index (χ1) is 14.9. The molecule has 0 spiro atoms. The van der Waals surface area contributed by atoms with Gasteiger partial charge in [0.15, 0.2) is 17.3 Å². The molecule has 0 amide bonds. The Kier molecular flexibility index (Phi) is 6.08. The molecule has 0 unspecified atom stereocenters. The van der Waals surface area contributed by atoms with E-state index in [-0.39, 0.29) is 12.8 Å². The minimum absolute atomic E-state index is 0.245. The highest BCUT2D eigenvalue weighted by Crippen LogP contribution is 2.35. The number of halogens is 2. The van der Waals surface area contributed by atoms with Gasteiger partial charge in [0.2, 0.25) is 0 Å². The van der Waals surface area contributed by atoms with Crippen LogP contribution in [0.15, 0.2) is 40.9 Å². The van der Waals surface area contributed by atoms with E-state index >= 15 is 0 Å². The Hall–Kier alpha value is -2.76. The van der Waals surface area contributed by atoms with Gasteiger partial charge in [0, 0.05) is 47.7 Å². The van der Waals surface area contributed by atoms with Crippen molar-refractivity contribution in [3.05, 3.63) is 63.4 Å². The number of hydrogen-bond donors (Lipinski definition) is 2. The van der Waals surface area contributed by atoms with Gasteiger partial charge in [0.05, 0.1) is 13.2 Å². The van der Waals surface area contributed by atoms with Crippen LogP contribution < -0.4 is 10.2 Å². The van der Waals surface area contributed by atoms with E-state index in [9.17, 15) is 9.50 Å². The largest absolute Gasteiger partial charge is 0.393 e. The molecule has 0 aliphatic carbocycles. The molecule has 1 fully saturated rings. The van der Waals surface area contributed by atoms with E-state index in [0.29, 0.717) is 37.0 Å². The lowest BCUT2D eigenvalue weighted by molar-refractivity contribution is 0.0480. The van der Waals surface area contributed by atoms with Crippen LogP contribution in [0.4, 0.5) is 21.7 Å². The Bertz CT molecular complexity index is 1150. The van der Waals surface area contributed by atoms with E-state index in [1.165, 1.54) is 5.56 Å². The molecule has 4 rings (SSSR count). The van der Waals surface area contributed by atoms with Crippen molar-refractivity contribution in [1.82, 2.24) is 10.2 Å². The fourth-order valence-electron chi connectivity index (χ4n) is 3.77. The SMILES string of the molecule is [C-]#[N+]c1ccc2c(N3CCC(F)(CO)CC3)nnc(NCc3ccc(C)c(Br)c3)c2c1. The highest BCUT2D eigenvalue weighted by molar-refractivity contribution is 9.10. The van der Waals surface area contributed by atoms with Gasteiger partial charge in [-0.1, -0.05) is 40.2 Å². The fraction of sp³-hybridized carbons (Fsp3) is 0.348. The van der Waals surface area contributed by atoms with Gasteiger partial charge in [-0.2, -0.15) is 0 Å². The molecule has 1 aromatic heterocycles. The Morgan fingerprint density at radius 3 is 2.65 bits per heavy atom. The number of nitrogens with zero attached hydrogens (tertiary/aromatic N) is 4. The molecule has 1 aliphatic rings. The first-order valence-corrected chi connectivity index (χ1v) is 10.9. The number of nitrogens with one attached hydrogen (secondary N) is 1. The molecule has 0 bridgehead atoms. The van der Waals surface area contributed by atoms with Crippen LogP contribution in [0.5, 0.6) is 0 Å². The van der Waals surface area contributed by atoms with Gasteiger partial charge in [-0.25, -0.2) is 9.24 Å². The van der Waals surface area contributed by atoms with Crippen LogP contribution in [-0.2, 0) is 6.54 Å². The fourth-order valence-corrected chi connectivity index (χ4v) is 4.20. The first-order valence-electron chi connectivity index (χ1n) is 10.1. The number of aromatic nitrogens is 2. The lowest BCUT2D eigenvalue weighted by Gasteiger charge is -2.36. The van der Waals surface area contributed by atoms with E-state index < -0.39 is 12.3 Å². The lowest BCUT2D eigenvalue weighted by atomic mass is 9.94. The average Bonchev–Trinajstić information content (AvgIpc) is 2.80. The third-order valence-corrected chi connectivity index (χ3v) is 6.67. The van der Waals surface area contributed by atoms with Crippen molar-refractivity contribution in [1.29, 1.82) is 0 Å². The Labute approximate surface area is 189 Å². The summed E-state index contributed by atoms with van der Waals surface area (Å²) in [4.78, 5) is 5.55. The Morgan fingerprint density at radius 2 is 1.97 bits per heavy atom. The Morgan fingerprint density at radius 1 is 1.19 bits per heavy atom. The molecule has 0 radical (unpaired) electrons.